The number of anilines is 1. The number of aryl methyl sites for hydroxylation is 1. The number of carbonyl (C=O) groups excluding carboxylic acids is 1. The molecular formula is C15H22Cl2N4O. The summed E-state index contributed by atoms with van der Waals surface area (Å²) in [4.78, 5) is 12.0. The van der Waals surface area contributed by atoms with E-state index in [4.69, 9.17) is 0 Å². The largest absolute Gasteiger partial charge is 0.326 e. The number of hydrogen-bond donors (Lipinski definition) is 2. The Morgan fingerprint density at radius 3 is 2.68 bits per heavy atom. The molecule has 0 aliphatic heterocycles. The quantitative estimate of drug-likeness (QED) is 0.811. The minimum Gasteiger partial charge on any atom is -0.326 e. The maximum absolute atomic E-state index is 12.0. The lowest BCUT2D eigenvalue weighted by molar-refractivity contribution is -0.116. The van der Waals surface area contributed by atoms with Gasteiger partial charge in [0, 0.05) is 37.6 Å². The van der Waals surface area contributed by atoms with Crippen LogP contribution in [-0.4, -0.2) is 22.2 Å². The standard InChI is InChI=1S/C15H20N4O.2ClH/c1-2-16-12-13-6-3-4-7-14(13)18-15(20)8-11-19-10-5-9-17-19;;/h3-7,9-10,16H,2,8,11-12H2,1H3,(H,18,20);2*1H. The average Bonchev–Trinajstić information content (AvgIpc) is 2.97. The predicted octanol–water partition coefficient (Wildman–Crippen LogP) is 2.87. The summed E-state index contributed by atoms with van der Waals surface area (Å²) in [6, 6.07) is 9.71. The number of halogens is 2. The molecule has 0 saturated heterocycles. The molecule has 0 atom stereocenters. The fourth-order valence-corrected chi connectivity index (χ4v) is 1.92. The van der Waals surface area contributed by atoms with Crippen molar-refractivity contribution >= 4 is 36.4 Å². The molecule has 122 valence electrons. The summed E-state index contributed by atoms with van der Waals surface area (Å²) < 4.78 is 1.75. The topological polar surface area (TPSA) is 58.9 Å². The van der Waals surface area contributed by atoms with Gasteiger partial charge in [-0.2, -0.15) is 5.10 Å². The third kappa shape index (κ3) is 6.47. The molecule has 5 nitrogen and oxygen atoms in total. The minimum atomic E-state index is 0. The molecule has 0 unspecified atom stereocenters. The van der Waals surface area contributed by atoms with Crippen LogP contribution in [0.1, 0.15) is 18.9 Å². The van der Waals surface area contributed by atoms with Crippen molar-refractivity contribution in [2.75, 3.05) is 11.9 Å². The highest BCUT2D eigenvalue weighted by Crippen LogP contribution is 2.15. The van der Waals surface area contributed by atoms with E-state index >= 15 is 0 Å². The van der Waals surface area contributed by atoms with Crippen molar-refractivity contribution in [3.63, 3.8) is 0 Å². The summed E-state index contributed by atoms with van der Waals surface area (Å²) in [6.07, 6.45) is 3.98. The molecular weight excluding hydrogens is 323 g/mol. The van der Waals surface area contributed by atoms with Crippen LogP contribution >= 0.6 is 24.8 Å². The lowest BCUT2D eigenvalue weighted by Crippen LogP contribution is -2.18. The first-order valence-electron chi connectivity index (χ1n) is 6.85. The van der Waals surface area contributed by atoms with Crippen molar-refractivity contribution in [2.24, 2.45) is 0 Å². The van der Waals surface area contributed by atoms with Crippen molar-refractivity contribution in [3.8, 4) is 0 Å². The number of nitrogens with one attached hydrogen (secondary N) is 2. The first-order chi connectivity index (χ1) is 9.79. The van der Waals surface area contributed by atoms with Gasteiger partial charge in [-0.1, -0.05) is 25.1 Å². The van der Waals surface area contributed by atoms with Gasteiger partial charge in [0.25, 0.3) is 0 Å². The van der Waals surface area contributed by atoms with E-state index in [2.05, 4.69) is 22.7 Å². The number of benzene rings is 1. The molecule has 2 aromatic rings. The Labute approximate surface area is 143 Å². The van der Waals surface area contributed by atoms with Gasteiger partial charge >= 0.3 is 0 Å². The second-order valence-electron chi connectivity index (χ2n) is 4.50. The molecule has 0 bridgehead atoms. The molecule has 1 aromatic heterocycles. The number of para-hydroxylation sites is 1. The molecule has 2 rings (SSSR count). The number of hydrogen-bond acceptors (Lipinski definition) is 3. The van der Waals surface area contributed by atoms with E-state index in [0.29, 0.717) is 13.0 Å². The molecule has 2 N–H and O–H groups in total. The van der Waals surface area contributed by atoms with E-state index in [9.17, 15) is 4.79 Å². The highest BCUT2D eigenvalue weighted by atomic mass is 35.5. The number of aromatic nitrogens is 2. The Hall–Kier alpha value is -1.56. The van der Waals surface area contributed by atoms with Crippen molar-refractivity contribution in [1.82, 2.24) is 15.1 Å². The molecule has 1 aromatic carbocycles. The van der Waals surface area contributed by atoms with Crippen LogP contribution in [0.5, 0.6) is 0 Å². The van der Waals surface area contributed by atoms with Crippen molar-refractivity contribution in [3.05, 3.63) is 48.3 Å². The second-order valence-corrected chi connectivity index (χ2v) is 4.50. The van der Waals surface area contributed by atoms with Gasteiger partial charge < -0.3 is 10.6 Å². The van der Waals surface area contributed by atoms with Gasteiger partial charge in [-0.15, -0.1) is 24.8 Å². The van der Waals surface area contributed by atoms with Crippen LogP contribution < -0.4 is 10.6 Å². The molecule has 0 aliphatic rings. The molecule has 0 radical (unpaired) electrons. The normalized spacial score (nSPS) is 9.50. The minimum absolute atomic E-state index is 0. The smallest absolute Gasteiger partial charge is 0.226 e. The van der Waals surface area contributed by atoms with Crippen LogP contribution in [0.4, 0.5) is 5.69 Å². The fourth-order valence-electron chi connectivity index (χ4n) is 1.92. The summed E-state index contributed by atoms with van der Waals surface area (Å²) >= 11 is 0. The summed E-state index contributed by atoms with van der Waals surface area (Å²) in [5.41, 5.74) is 1.97. The van der Waals surface area contributed by atoms with Gasteiger partial charge in [0.05, 0.1) is 0 Å². The zero-order valence-electron chi connectivity index (χ0n) is 12.5. The van der Waals surface area contributed by atoms with E-state index < -0.39 is 0 Å². The number of nitrogens with zero attached hydrogens (tertiary/aromatic N) is 2. The van der Waals surface area contributed by atoms with Crippen LogP contribution in [0.25, 0.3) is 0 Å². The van der Waals surface area contributed by atoms with Crippen LogP contribution in [0.3, 0.4) is 0 Å². The molecule has 0 aliphatic carbocycles. The second kappa shape index (κ2) is 11.1. The maximum atomic E-state index is 12.0. The van der Waals surface area contributed by atoms with Crippen molar-refractivity contribution in [1.29, 1.82) is 0 Å². The molecule has 22 heavy (non-hydrogen) atoms. The number of amides is 1. The summed E-state index contributed by atoms with van der Waals surface area (Å²) in [5, 5.41) is 10.3. The Morgan fingerprint density at radius 1 is 1.23 bits per heavy atom. The Bertz CT molecular complexity index is 546. The monoisotopic (exact) mass is 344 g/mol. The first kappa shape index (κ1) is 20.4. The number of rotatable bonds is 7. The van der Waals surface area contributed by atoms with Gasteiger partial charge in [0.2, 0.25) is 5.91 Å². The van der Waals surface area contributed by atoms with E-state index in [-0.39, 0.29) is 30.7 Å². The molecule has 0 spiro atoms. The van der Waals surface area contributed by atoms with Crippen molar-refractivity contribution in [2.45, 2.75) is 26.4 Å². The van der Waals surface area contributed by atoms with Crippen LogP contribution in [0.15, 0.2) is 42.7 Å². The van der Waals surface area contributed by atoms with Gasteiger partial charge in [-0.3, -0.25) is 9.48 Å². The zero-order chi connectivity index (χ0) is 14.2. The summed E-state index contributed by atoms with van der Waals surface area (Å²) in [7, 11) is 0. The van der Waals surface area contributed by atoms with Crippen LogP contribution in [0.2, 0.25) is 0 Å². The third-order valence-corrected chi connectivity index (χ3v) is 2.98. The molecule has 1 amide bonds. The lowest BCUT2D eigenvalue weighted by atomic mass is 10.1. The van der Waals surface area contributed by atoms with Gasteiger partial charge in [-0.05, 0) is 24.2 Å². The summed E-state index contributed by atoms with van der Waals surface area (Å²) in [5.74, 6) is 0.00412. The predicted molar refractivity (Wildman–Crippen MR) is 93.8 cm³/mol. The van der Waals surface area contributed by atoms with E-state index in [1.165, 1.54) is 0 Å². The van der Waals surface area contributed by atoms with E-state index in [1.807, 2.05) is 36.5 Å². The van der Waals surface area contributed by atoms with E-state index in [1.54, 1.807) is 10.9 Å². The summed E-state index contributed by atoms with van der Waals surface area (Å²) in [6.45, 7) is 4.31. The van der Waals surface area contributed by atoms with Gasteiger partial charge in [0.15, 0.2) is 0 Å². The average molecular weight is 345 g/mol. The Kier molecular flexibility index (Phi) is 10.3. The maximum Gasteiger partial charge on any atom is 0.226 e. The number of carbonyl (C=O) groups is 1. The van der Waals surface area contributed by atoms with Gasteiger partial charge in [-0.25, -0.2) is 0 Å². The fraction of sp³-hybridized carbons (Fsp3) is 0.333. The van der Waals surface area contributed by atoms with Crippen LogP contribution in [-0.2, 0) is 17.9 Å². The van der Waals surface area contributed by atoms with Crippen molar-refractivity contribution < 1.29 is 4.79 Å². The SMILES string of the molecule is CCNCc1ccccc1NC(=O)CCn1cccn1.Cl.Cl. The lowest BCUT2D eigenvalue weighted by Gasteiger charge is -2.11. The third-order valence-electron chi connectivity index (χ3n) is 2.98. The molecule has 1 heterocycles. The molecule has 0 saturated carbocycles. The highest BCUT2D eigenvalue weighted by molar-refractivity contribution is 5.91. The molecule has 0 fully saturated rings. The Morgan fingerprint density at radius 2 is 2.00 bits per heavy atom. The zero-order valence-corrected chi connectivity index (χ0v) is 14.1. The first-order valence-corrected chi connectivity index (χ1v) is 6.85. The van der Waals surface area contributed by atoms with Crippen LogP contribution in [0, 0.1) is 0 Å². The van der Waals surface area contributed by atoms with E-state index in [0.717, 1.165) is 24.3 Å². The molecule has 7 heteroatoms. The van der Waals surface area contributed by atoms with Gasteiger partial charge in [0.1, 0.15) is 0 Å². The Balaban J connectivity index is 0.00000220. The highest BCUT2D eigenvalue weighted by Gasteiger charge is 2.06.